The van der Waals surface area contributed by atoms with Gasteiger partial charge in [0, 0.05) is 6.54 Å². The molecule has 0 unspecified atom stereocenters. The largest absolute Gasteiger partial charge is 0.306 e. The maximum absolute atomic E-state index is 10.0. The fourth-order valence-electron chi connectivity index (χ4n) is 0.547. The van der Waals surface area contributed by atoms with Crippen molar-refractivity contribution in [3.63, 3.8) is 0 Å². The van der Waals surface area contributed by atoms with Crippen molar-refractivity contribution in [2.75, 3.05) is 6.54 Å². The summed E-state index contributed by atoms with van der Waals surface area (Å²) in [6, 6.07) is 0. The number of carbonyl (C=O) groups is 1. The Morgan fingerprint density at radius 3 is 2.75 bits per heavy atom. The molecule has 0 radical (unpaired) electrons. The first kappa shape index (κ1) is 10.5. The minimum absolute atomic E-state index is 0.00926. The van der Waals surface area contributed by atoms with Gasteiger partial charge in [-0.1, -0.05) is 0 Å². The standard InChI is InChI=1S/C5H12N6O/c1-2-11(8)5(9-3-12)4(6)10-7/h3H,2,7-8H2,1H3,(H2,6,10). The number of hydrazine groups is 2. The number of nitrogens with two attached hydrogens (primary N) is 2. The summed E-state index contributed by atoms with van der Waals surface area (Å²) in [7, 11) is 0. The molecular formula is C5H12N6O. The summed E-state index contributed by atoms with van der Waals surface area (Å²) < 4.78 is 0. The number of amides is 1. The Morgan fingerprint density at radius 2 is 2.42 bits per heavy atom. The molecule has 12 heavy (non-hydrogen) atoms. The summed E-state index contributed by atoms with van der Waals surface area (Å²) in [5, 5.41) is 8.32. The Bertz CT molecular complexity index is 200. The Hall–Kier alpha value is -1.47. The number of aliphatic imine (C=N–C) groups is 1. The van der Waals surface area contributed by atoms with Gasteiger partial charge in [0.15, 0.2) is 11.7 Å². The third-order valence-electron chi connectivity index (χ3n) is 1.16. The molecule has 6 N–H and O–H groups in total. The zero-order valence-corrected chi connectivity index (χ0v) is 6.74. The van der Waals surface area contributed by atoms with Crippen LogP contribution < -0.4 is 17.1 Å². The van der Waals surface area contributed by atoms with E-state index in [0.29, 0.717) is 13.0 Å². The highest BCUT2D eigenvalue weighted by Crippen LogP contribution is 1.83. The molecule has 0 fully saturated rings. The Labute approximate surface area is 69.9 Å². The smallest absolute Gasteiger partial charge is 0.235 e. The van der Waals surface area contributed by atoms with E-state index in [9.17, 15) is 4.79 Å². The summed E-state index contributed by atoms with van der Waals surface area (Å²) in [6.45, 7) is 2.18. The summed E-state index contributed by atoms with van der Waals surface area (Å²) in [5.41, 5.74) is 2.04. The van der Waals surface area contributed by atoms with Crippen molar-refractivity contribution < 1.29 is 4.79 Å². The first-order valence-corrected chi connectivity index (χ1v) is 3.26. The average molecular weight is 172 g/mol. The van der Waals surface area contributed by atoms with Crippen LogP contribution in [0.3, 0.4) is 0 Å². The minimum atomic E-state index is -0.202. The molecule has 0 aliphatic carbocycles. The predicted molar refractivity (Wildman–Crippen MR) is 45.1 cm³/mol. The van der Waals surface area contributed by atoms with Gasteiger partial charge in [-0.15, -0.1) is 0 Å². The molecule has 1 amide bonds. The third-order valence-corrected chi connectivity index (χ3v) is 1.16. The first-order valence-electron chi connectivity index (χ1n) is 3.26. The number of likely N-dealkylation sites (N-methyl/N-ethyl adjacent to an activating group) is 1. The zero-order valence-electron chi connectivity index (χ0n) is 6.74. The second-order valence-corrected chi connectivity index (χ2v) is 1.86. The number of hydrogen-bond acceptors (Lipinski definition) is 4. The molecule has 7 heteroatoms. The van der Waals surface area contributed by atoms with Crippen LogP contribution in [0.4, 0.5) is 0 Å². The van der Waals surface area contributed by atoms with Gasteiger partial charge in [-0.3, -0.25) is 15.2 Å². The SMILES string of the molecule is CCN(N)C(=NC=O)C(=N)NN. The van der Waals surface area contributed by atoms with Gasteiger partial charge in [-0.25, -0.2) is 11.7 Å². The maximum Gasteiger partial charge on any atom is 0.235 e. The van der Waals surface area contributed by atoms with Gasteiger partial charge in [-0.05, 0) is 6.92 Å². The van der Waals surface area contributed by atoms with E-state index in [1.54, 1.807) is 6.92 Å². The van der Waals surface area contributed by atoms with Crippen LogP contribution in [0.5, 0.6) is 0 Å². The molecule has 0 aliphatic rings. The molecule has 0 atom stereocenters. The van der Waals surface area contributed by atoms with Gasteiger partial charge < -0.3 is 5.43 Å². The number of hydrogen-bond donors (Lipinski definition) is 4. The van der Waals surface area contributed by atoms with Crippen LogP contribution >= 0.6 is 0 Å². The van der Waals surface area contributed by atoms with Crippen LogP contribution in [-0.4, -0.2) is 29.6 Å². The monoisotopic (exact) mass is 172 g/mol. The number of amidine groups is 2. The Balaban J connectivity index is 4.54. The quantitative estimate of drug-likeness (QED) is 0.128. The third kappa shape index (κ3) is 2.64. The van der Waals surface area contributed by atoms with Crippen LogP contribution in [-0.2, 0) is 4.79 Å². The fourth-order valence-corrected chi connectivity index (χ4v) is 0.547. The van der Waals surface area contributed by atoms with Crippen LogP contribution in [0.2, 0.25) is 0 Å². The van der Waals surface area contributed by atoms with Crippen molar-refractivity contribution in [1.29, 1.82) is 5.41 Å². The molecule has 0 bridgehead atoms. The van der Waals surface area contributed by atoms with Crippen LogP contribution in [0.15, 0.2) is 4.99 Å². The lowest BCUT2D eigenvalue weighted by molar-refractivity contribution is -0.106. The molecule has 0 saturated heterocycles. The van der Waals surface area contributed by atoms with Crippen LogP contribution in [0.25, 0.3) is 0 Å². The van der Waals surface area contributed by atoms with E-state index >= 15 is 0 Å². The van der Waals surface area contributed by atoms with E-state index in [0.717, 1.165) is 5.01 Å². The molecule has 0 heterocycles. The van der Waals surface area contributed by atoms with Gasteiger partial charge in [0.2, 0.25) is 6.41 Å². The lowest BCUT2D eigenvalue weighted by Gasteiger charge is -2.17. The zero-order chi connectivity index (χ0) is 9.56. The van der Waals surface area contributed by atoms with Crippen LogP contribution in [0, 0.1) is 5.41 Å². The van der Waals surface area contributed by atoms with Gasteiger partial charge in [-0.2, -0.15) is 4.99 Å². The molecule has 68 valence electrons. The molecule has 0 aromatic heterocycles. The highest BCUT2D eigenvalue weighted by atomic mass is 16.1. The highest BCUT2D eigenvalue weighted by Gasteiger charge is 2.09. The normalized spacial score (nSPS) is 10.8. The molecule has 0 aromatic rings. The van der Waals surface area contributed by atoms with E-state index in [1.807, 2.05) is 5.43 Å². The van der Waals surface area contributed by atoms with Crippen molar-refractivity contribution in [3.8, 4) is 0 Å². The Kier molecular flexibility index (Phi) is 4.58. The van der Waals surface area contributed by atoms with E-state index in [4.69, 9.17) is 17.1 Å². The molecule has 0 saturated carbocycles. The minimum Gasteiger partial charge on any atom is -0.306 e. The van der Waals surface area contributed by atoms with Crippen molar-refractivity contribution >= 4 is 18.1 Å². The Morgan fingerprint density at radius 1 is 1.83 bits per heavy atom. The molecule has 0 aliphatic heterocycles. The topological polar surface area (TPSA) is 121 Å². The second-order valence-electron chi connectivity index (χ2n) is 1.86. The predicted octanol–water partition coefficient (Wildman–Crippen LogP) is -1.82. The summed E-state index contributed by atoms with van der Waals surface area (Å²) in [4.78, 5) is 13.4. The van der Waals surface area contributed by atoms with Gasteiger partial charge in [0.1, 0.15) is 0 Å². The number of carbonyl (C=O) groups excluding carboxylic acids is 1. The molecular weight excluding hydrogens is 160 g/mol. The maximum atomic E-state index is 10.0. The number of nitrogens with one attached hydrogen (secondary N) is 2. The summed E-state index contributed by atoms with van der Waals surface area (Å²) >= 11 is 0. The molecule has 0 rings (SSSR count). The average Bonchev–Trinajstić information content (AvgIpc) is 2.11. The van der Waals surface area contributed by atoms with Crippen LogP contribution in [0.1, 0.15) is 6.92 Å². The van der Waals surface area contributed by atoms with Gasteiger partial charge in [0.25, 0.3) is 0 Å². The highest BCUT2D eigenvalue weighted by molar-refractivity contribution is 6.39. The lowest BCUT2D eigenvalue weighted by Crippen LogP contribution is -2.48. The van der Waals surface area contributed by atoms with E-state index in [-0.39, 0.29) is 11.7 Å². The van der Waals surface area contributed by atoms with Crippen molar-refractivity contribution in [2.24, 2.45) is 16.7 Å². The van der Waals surface area contributed by atoms with Gasteiger partial charge in [0.05, 0.1) is 0 Å². The molecule has 0 aromatic carbocycles. The van der Waals surface area contributed by atoms with Crippen molar-refractivity contribution in [3.05, 3.63) is 0 Å². The summed E-state index contributed by atoms with van der Waals surface area (Å²) in [6.07, 6.45) is 0.302. The second kappa shape index (κ2) is 5.22. The fraction of sp³-hybridized carbons (Fsp3) is 0.400. The van der Waals surface area contributed by atoms with E-state index in [1.165, 1.54) is 0 Å². The van der Waals surface area contributed by atoms with Gasteiger partial charge >= 0.3 is 0 Å². The van der Waals surface area contributed by atoms with Crippen molar-refractivity contribution in [2.45, 2.75) is 6.92 Å². The summed E-state index contributed by atoms with van der Waals surface area (Å²) in [5.74, 6) is 10.1. The van der Waals surface area contributed by atoms with Crippen molar-refractivity contribution in [1.82, 2.24) is 10.4 Å². The first-order chi connectivity index (χ1) is 5.67. The molecule has 0 spiro atoms. The number of nitrogens with zero attached hydrogens (tertiary/aromatic N) is 2. The number of rotatable bonds is 2. The van der Waals surface area contributed by atoms with E-state index in [2.05, 4.69) is 4.99 Å². The lowest BCUT2D eigenvalue weighted by atomic mass is 10.5. The molecule has 7 nitrogen and oxygen atoms in total. The van der Waals surface area contributed by atoms with E-state index < -0.39 is 0 Å².